The molecule has 0 radical (unpaired) electrons. The Morgan fingerprint density at radius 1 is 1.26 bits per heavy atom. The van der Waals surface area contributed by atoms with Gasteiger partial charge in [0.25, 0.3) is 5.13 Å². The summed E-state index contributed by atoms with van der Waals surface area (Å²) in [7, 11) is -4.75. The number of hydrogen-bond donors (Lipinski definition) is 1. The lowest BCUT2D eigenvalue weighted by Gasteiger charge is -2.31. The van der Waals surface area contributed by atoms with Gasteiger partial charge in [0.15, 0.2) is 5.75 Å². The van der Waals surface area contributed by atoms with Crippen LogP contribution < -0.4 is 9.62 Å². The van der Waals surface area contributed by atoms with Gasteiger partial charge < -0.3 is 9.64 Å². The lowest BCUT2D eigenvalue weighted by molar-refractivity contribution is -0.106. The molecular weight excluding hydrogens is 497 g/mol. The second kappa shape index (κ2) is 10.6. The molecule has 0 spiro atoms. The van der Waals surface area contributed by atoms with Crippen molar-refractivity contribution >= 4 is 49.5 Å². The maximum atomic E-state index is 12.7. The first-order chi connectivity index (χ1) is 16.0. The van der Waals surface area contributed by atoms with Gasteiger partial charge >= 0.3 is 12.1 Å². The SMILES string of the molecule is CCCOC(=O)c1nnc(N=Nc2cc3c(cc2NS(=O)(=O)CC(F)(F)F)N(CC)CCC3)s1. The predicted molar refractivity (Wildman–Crippen MR) is 121 cm³/mol. The molecule has 0 bridgehead atoms. The number of sulfonamides is 1. The number of carbonyl (C=O) groups excluding carboxylic acids is 1. The van der Waals surface area contributed by atoms with Crippen LogP contribution in [0.5, 0.6) is 0 Å². The maximum absolute atomic E-state index is 12.7. The quantitative estimate of drug-likeness (QED) is 0.378. The smallest absolute Gasteiger partial charge is 0.404 e. The Labute approximate surface area is 198 Å². The standard InChI is InChI=1S/C19H23F3N6O4S2/c1-3-8-32-17(29)16-24-26-18(33-16)25-23-13-9-12-6-5-7-28(4-2)15(12)10-14(13)27-34(30,31)11-19(20,21)22/h9-10,27H,3-8,11H2,1-2H3. The van der Waals surface area contributed by atoms with Crippen LogP contribution in [0, 0.1) is 0 Å². The number of rotatable bonds is 9. The zero-order valence-corrected chi connectivity index (χ0v) is 20.1. The number of aryl methyl sites for hydroxylation is 1. The molecule has 1 aliphatic heterocycles. The van der Waals surface area contributed by atoms with Gasteiger partial charge in [-0.2, -0.15) is 13.2 Å². The number of fused-ring (bicyclic) bond motifs is 1. The molecule has 34 heavy (non-hydrogen) atoms. The Morgan fingerprint density at radius 3 is 2.71 bits per heavy atom. The lowest BCUT2D eigenvalue weighted by Crippen LogP contribution is -2.30. The fraction of sp³-hybridized carbons (Fsp3) is 0.526. The third-order valence-corrected chi connectivity index (χ3v) is 6.71. The zero-order valence-electron chi connectivity index (χ0n) is 18.4. The fourth-order valence-corrected chi connectivity index (χ4v) is 4.86. The number of nitrogens with one attached hydrogen (secondary N) is 1. The van der Waals surface area contributed by atoms with Crippen LogP contribution in [0.25, 0.3) is 0 Å². The van der Waals surface area contributed by atoms with Gasteiger partial charge in [-0.25, -0.2) is 13.2 Å². The molecule has 3 rings (SSSR count). The van der Waals surface area contributed by atoms with Crippen LogP contribution >= 0.6 is 11.3 Å². The number of nitrogens with zero attached hydrogens (tertiary/aromatic N) is 5. The van der Waals surface area contributed by atoms with Gasteiger partial charge in [-0.1, -0.05) is 18.3 Å². The number of azo groups is 1. The predicted octanol–water partition coefficient (Wildman–Crippen LogP) is 4.60. The van der Waals surface area contributed by atoms with E-state index in [1.165, 1.54) is 6.07 Å². The van der Waals surface area contributed by atoms with Crippen molar-refractivity contribution < 1.29 is 31.1 Å². The number of carbonyl (C=O) groups is 1. The fourth-order valence-electron chi connectivity index (χ4n) is 3.30. The summed E-state index contributed by atoms with van der Waals surface area (Å²) in [5, 5.41) is 15.3. The van der Waals surface area contributed by atoms with Crippen molar-refractivity contribution in [3.63, 3.8) is 0 Å². The summed E-state index contributed by atoms with van der Waals surface area (Å²) in [5.41, 5.74) is 1.46. The number of aromatic nitrogens is 2. The van der Waals surface area contributed by atoms with Crippen molar-refractivity contribution in [2.75, 3.05) is 35.1 Å². The first-order valence-electron chi connectivity index (χ1n) is 10.4. The third kappa shape index (κ3) is 6.85. The van der Waals surface area contributed by atoms with E-state index in [1.54, 1.807) is 6.07 Å². The Hall–Kier alpha value is -2.81. The highest BCUT2D eigenvalue weighted by molar-refractivity contribution is 7.92. The van der Waals surface area contributed by atoms with E-state index in [2.05, 4.69) is 20.4 Å². The van der Waals surface area contributed by atoms with Crippen molar-refractivity contribution in [3.05, 3.63) is 22.7 Å². The van der Waals surface area contributed by atoms with E-state index in [4.69, 9.17) is 4.74 Å². The number of halogens is 3. The summed E-state index contributed by atoms with van der Waals surface area (Å²) in [6, 6.07) is 3.05. The van der Waals surface area contributed by atoms with Crippen molar-refractivity contribution in [1.82, 2.24) is 10.2 Å². The number of alkyl halides is 3. The first kappa shape index (κ1) is 25.8. The molecule has 1 aromatic heterocycles. The molecule has 0 atom stereocenters. The summed E-state index contributed by atoms with van der Waals surface area (Å²) >= 11 is 0.818. The average molecular weight is 521 g/mol. The molecule has 1 aromatic carbocycles. The van der Waals surface area contributed by atoms with E-state index in [0.717, 1.165) is 29.9 Å². The Morgan fingerprint density at radius 2 is 2.03 bits per heavy atom. The monoisotopic (exact) mass is 520 g/mol. The molecule has 0 aliphatic carbocycles. The molecule has 15 heteroatoms. The molecule has 2 heterocycles. The molecular formula is C19H23F3N6O4S2. The van der Waals surface area contributed by atoms with Crippen molar-refractivity contribution in [2.45, 2.75) is 39.3 Å². The Bertz CT molecular complexity index is 1170. The summed E-state index contributed by atoms with van der Waals surface area (Å²) in [6.07, 6.45) is -2.73. The van der Waals surface area contributed by atoms with E-state index in [-0.39, 0.29) is 28.1 Å². The highest BCUT2D eigenvalue weighted by Crippen LogP contribution is 2.38. The summed E-state index contributed by atoms with van der Waals surface area (Å²) < 4.78 is 69.4. The van der Waals surface area contributed by atoms with E-state index in [1.807, 2.05) is 23.5 Å². The highest BCUT2D eigenvalue weighted by atomic mass is 32.2. The van der Waals surface area contributed by atoms with Gasteiger partial charge in [0.2, 0.25) is 15.0 Å². The highest BCUT2D eigenvalue weighted by Gasteiger charge is 2.35. The minimum Gasteiger partial charge on any atom is -0.460 e. The van der Waals surface area contributed by atoms with Crippen molar-refractivity contribution in [2.24, 2.45) is 10.2 Å². The first-order valence-corrected chi connectivity index (χ1v) is 12.9. The lowest BCUT2D eigenvalue weighted by atomic mass is 10.0. The van der Waals surface area contributed by atoms with Crippen LogP contribution in [0.2, 0.25) is 0 Å². The maximum Gasteiger partial charge on any atom is 0.404 e. The van der Waals surface area contributed by atoms with Crippen LogP contribution in [0.3, 0.4) is 0 Å². The number of hydrogen-bond acceptors (Lipinski definition) is 10. The molecule has 0 amide bonds. The van der Waals surface area contributed by atoms with Gasteiger partial charge in [-0.15, -0.1) is 20.4 Å². The van der Waals surface area contributed by atoms with Gasteiger partial charge in [-0.05, 0) is 43.9 Å². The van der Waals surface area contributed by atoms with E-state index >= 15 is 0 Å². The molecule has 0 saturated carbocycles. The summed E-state index contributed by atoms with van der Waals surface area (Å²) in [5.74, 6) is -2.69. The Kier molecular flexibility index (Phi) is 8.07. The minimum atomic E-state index is -4.91. The van der Waals surface area contributed by atoms with Crippen LogP contribution in [-0.4, -0.2) is 56.2 Å². The molecule has 1 N–H and O–H groups in total. The van der Waals surface area contributed by atoms with Crippen LogP contribution in [-0.2, 0) is 21.2 Å². The third-order valence-electron chi connectivity index (χ3n) is 4.68. The van der Waals surface area contributed by atoms with Gasteiger partial charge in [-0.3, -0.25) is 4.72 Å². The van der Waals surface area contributed by atoms with E-state index < -0.39 is 27.9 Å². The summed E-state index contributed by atoms with van der Waals surface area (Å²) in [6.45, 7) is 5.37. The van der Waals surface area contributed by atoms with E-state index in [9.17, 15) is 26.4 Å². The minimum absolute atomic E-state index is 0.000419. The van der Waals surface area contributed by atoms with Crippen LogP contribution in [0.4, 0.5) is 35.4 Å². The van der Waals surface area contributed by atoms with Crippen LogP contribution in [0.15, 0.2) is 22.4 Å². The van der Waals surface area contributed by atoms with E-state index in [0.29, 0.717) is 25.1 Å². The topological polar surface area (TPSA) is 126 Å². The normalized spacial score (nSPS) is 14.3. The molecule has 10 nitrogen and oxygen atoms in total. The second-order valence-corrected chi connectivity index (χ2v) is 10.1. The molecule has 0 unspecified atom stereocenters. The number of benzene rings is 1. The molecule has 0 fully saturated rings. The zero-order chi connectivity index (χ0) is 24.9. The number of esters is 1. The largest absolute Gasteiger partial charge is 0.460 e. The van der Waals surface area contributed by atoms with Gasteiger partial charge in [0.05, 0.1) is 12.3 Å². The van der Waals surface area contributed by atoms with Crippen molar-refractivity contribution in [3.8, 4) is 0 Å². The number of ether oxygens (including phenoxy) is 1. The van der Waals surface area contributed by atoms with Gasteiger partial charge in [0.1, 0.15) is 5.69 Å². The molecule has 186 valence electrons. The van der Waals surface area contributed by atoms with Crippen LogP contribution in [0.1, 0.15) is 42.1 Å². The average Bonchev–Trinajstić information content (AvgIpc) is 3.22. The molecule has 0 saturated heterocycles. The molecule has 1 aliphatic rings. The molecule has 2 aromatic rings. The van der Waals surface area contributed by atoms with Gasteiger partial charge in [0, 0.05) is 18.8 Å². The Balaban J connectivity index is 1.94. The number of anilines is 2. The summed E-state index contributed by atoms with van der Waals surface area (Å²) in [4.78, 5) is 13.9. The van der Waals surface area contributed by atoms with Crippen molar-refractivity contribution in [1.29, 1.82) is 0 Å². The second-order valence-electron chi connectivity index (χ2n) is 7.38.